The average molecular weight is 332 g/mol. The zero-order valence-corrected chi connectivity index (χ0v) is 13.4. The molecule has 2 aromatic rings. The summed E-state index contributed by atoms with van der Waals surface area (Å²) in [7, 11) is 0. The first-order valence-corrected chi connectivity index (χ1v) is 8.37. The maximum absolute atomic E-state index is 13.6. The number of carbonyl (C=O) groups is 2. The second-order valence-corrected chi connectivity index (χ2v) is 6.37. The molecule has 0 spiro atoms. The Hall–Kier alpha value is -2.21. The van der Waals surface area contributed by atoms with Gasteiger partial charge in [-0.25, -0.2) is 4.39 Å². The molecule has 0 unspecified atom stereocenters. The van der Waals surface area contributed by atoms with E-state index in [-0.39, 0.29) is 24.1 Å². The molecule has 1 saturated heterocycles. The summed E-state index contributed by atoms with van der Waals surface area (Å²) in [5.74, 6) is -0.438. The van der Waals surface area contributed by atoms with Crippen molar-refractivity contribution in [3.05, 3.63) is 58.0 Å². The van der Waals surface area contributed by atoms with Gasteiger partial charge < -0.3 is 9.80 Å². The summed E-state index contributed by atoms with van der Waals surface area (Å²) in [5, 5.41) is 1.88. The average Bonchev–Trinajstić information content (AvgIpc) is 3.11. The highest BCUT2D eigenvalue weighted by Gasteiger charge is 2.25. The standard InChI is InChI=1S/C17H17FN2O2S/c18-14-5-2-1-4-13(14)12-16(21)19-7-9-20(10-8-19)17(22)15-6-3-11-23-15/h1-6,11H,7-10,12H2. The molecule has 0 atom stereocenters. The van der Waals surface area contributed by atoms with Gasteiger partial charge in [0.2, 0.25) is 5.91 Å². The minimum Gasteiger partial charge on any atom is -0.339 e. The topological polar surface area (TPSA) is 40.6 Å². The Morgan fingerprint density at radius 1 is 1.00 bits per heavy atom. The van der Waals surface area contributed by atoms with E-state index in [1.807, 2.05) is 17.5 Å². The normalized spacial score (nSPS) is 14.8. The molecule has 23 heavy (non-hydrogen) atoms. The van der Waals surface area contributed by atoms with Gasteiger partial charge >= 0.3 is 0 Å². The van der Waals surface area contributed by atoms with E-state index in [0.29, 0.717) is 31.7 Å². The van der Waals surface area contributed by atoms with Crippen molar-refractivity contribution in [3.63, 3.8) is 0 Å². The lowest BCUT2D eigenvalue weighted by molar-refractivity contribution is -0.132. The van der Waals surface area contributed by atoms with Crippen molar-refractivity contribution in [1.82, 2.24) is 9.80 Å². The first-order chi connectivity index (χ1) is 11.1. The molecule has 0 saturated carbocycles. The van der Waals surface area contributed by atoms with Gasteiger partial charge in [-0.05, 0) is 23.1 Å². The van der Waals surface area contributed by atoms with Crippen LogP contribution in [0.15, 0.2) is 41.8 Å². The van der Waals surface area contributed by atoms with Gasteiger partial charge in [0.1, 0.15) is 5.82 Å². The molecular weight excluding hydrogens is 315 g/mol. The van der Waals surface area contributed by atoms with Crippen LogP contribution < -0.4 is 0 Å². The number of hydrogen-bond donors (Lipinski definition) is 0. The van der Waals surface area contributed by atoms with E-state index in [1.54, 1.807) is 28.0 Å². The summed E-state index contributed by atoms with van der Waals surface area (Å²) in [4.78, 5) is 28.7. The predicted octanol–water partition coefficient (Wildman–Crippen LogP) is 2.41. The van der Waals surface area contributed by atoms with Crippen molar-refractivity contribution < 1.29 is 14.0 Å². The molecule has 0 bridgehead atoms. The number of thiophene rings is 1. The number of piperazine rings is 1. The summed E-state index contributed by atoms with van der Waals surface area (Å²) in [5.41, 5.74) is 0.412. The van der Waals surface area contributed by atoms with Crippen LogP contribution in [0.5, 0.6) is 0 Å². The molecule has 1 fully saturated rings. The second kappa shape index (κ2) is 6.91. The summed E-state index contributed by atoms with van der Waals surface area (Å²) < 4.78 is 13.6. The molecule has 2 heterocycles. The van der Waals surface area contributed by atoms with Crippen molar-refractivity contribution in [3.8, 4) is 0 Å². The Balaban J connectivity index is 1.55. The predicted molar refractivity (Wildman–Crippen MR) is 86.9 cm³/mol. The highest BCUT2D eigenvalue weighted by molar-refractivity contribution is 7.12. The molecule has 0 N–H and O–H groups in total. The maximum atomic E-state index is 13.6. The lowest BCUT2D eigenvalue weighted by Gasteiger charge is -2.34. The molecule has 1 aromatic carbocycles. The fraction of sp³-hybridized carbons (Fsp3) is 0.294. The lowest BCUT2D eigenvalue weighted by Crippen LogP contribution is -2.50. The minimum atomic E-state index is -0.354. The Morgan fingerprint density at radius 3 is 2.35 bits per heavy atom. The van der Waals surface area contributed by atoms with Gasteiger partial charge in [0, 0.05) is 26.2 Å². The largest absolute Gasteiger partial charge is 0.339 e. The zero-order chi connectivity index (χ0) is 16.2. The van der Waals surface area contributed by atoms with Crippen LogP contribution in [-0.4, -0.2) is 47.8 Å². The van der Waals surface area contributed by atoms with Crippen LogP contribution in [0.3, 0.4) is 0 Å². The van der Waals surface area contributed by atoms with Gasteiger partial charge in [0.15, 0.2) is 0 Å². The molecule has 120 valence electrons. The van der Waals surface area contributed by atoms with Gasteiger partial charge in [-0.2, -0.15) is 0 Å². The Bertz CT molecular complexity index is 694. The number of rotatable bonds is 3. The highest BCUT2D eigenvalue weighted by atomic mass is 32.1. The molecule has 6 heteroatoms. The lowest BCUT2D eigenvalue weighted by atomic mass is 10.1. The van der Waals surface area contributed by atoms with E-state index >= 15 is 0 Å². The van der Waals surface area contributed by atoms with Crippen molar-refractivity contribution in [2.75, 3.05) is 26.2 Å². The van der Waals surface area contributed by atoms with Gasteiger partial charge in [-0.1, -0.05) is 24.3 Å². The Kier molecular flexibility index (Phi) is 4.71. The quantitative estimate of drug-likeness (QED) is 0.866. The molecule has 1 aliphatic rings. The summed E-state index contributed by atoms with van der Waals surface area (Å²) in [6.45, 7) is 2.01. The number of benzene rings is 1. The van der Waals surface area contributed by atoms with Crippen molar-refractivity contribution in [1.29, 1.82) is 0 Å². The fourth-order valence-corrected chi connectivity index (χ4v) is 3.32. The molecule has 2 amide bonds. The van der Waals surface area contributed by atoms with E-state index in [9.17, 15) is 14.0 Å². The smallest absolute Gasteiger partial charge is 0.264 e. The minimum absolute atomic E-state index is 0.0150. The molecule has 3 rings (SSSR count). The van der Waals surface area contributed by atoms with Crippen LogP contribution in [0, 0.1) is 5.82 Å². The van der Waals surface area contributed by atoms with Crippen LogP contribution in [0.1, 0.15) is 15.2 Å². The van der Waals surface area contributed by atoms with Crippen LogP contribution in [0.25, 0.3) is 0 Å². The van der Waals surface area contributed by atoms with Crippen molar-refractivity contribution >= 4 is 23.2 Å². The van der Waals surface area contributed by atoms with Gasteiger partial charge in [0.25, 0.3) is 5.91 Å². The SMILES string of the molecule is O=C(Cc1ccccc1F)N1CCN(C(=O)c2cccs2)CC1. The first kappa shape index (κ1) is 15.7. The number of hydrogen-bond acceptors (Lipinski definition) is 3. The molecule has 4 nitrogen and oxygen atoms in total. The van der Waals surface area contributed by atoms with E-state index in [2.05, 4.69) is 0 Å². The van der Waals surface area contributed by atoms with Crippen LogP contribution >= 0.6 is 11.3 Å². The van der Waals surface area contributed by atoms with Gasteiger partial charge in [-0.15, -0.1) is 11.3 Å². The fourth-order valence-electron chi connectivity index (χ4n) is 2.63. The number of carbonyl (C=O) groups excluding carboxylic acids is 2. The summed E-state index contributed by atoms with van der Waals surface area (Å²) in [6, 6.07) is 9.99. The summed E-state index contributed by atoms with van der Waals surface area (Å²) >= 11 is 1.42. The Labute approximate surface area is 138 Å². The number of halogens is 1. The third kappa shape index (κ3) is 3.59. The van der Waals surface area contributed by atoms with E-state index < -0.39 is 0 Å². The molecule has 0 radical (unpaired) electrons. The van der Waals surface area contributed by atoms with Crippen LogP contribution in [0.4, 0.5) is 4.39 Å². The Morgan fingerprint density at radius 2 is 1.70 bits per heavy atom. The first-order valence-electron chi connectivity index (χ1n) is 7.49. The van der Waals surface area contributed by atoms with Crippen LogP contribution in [0.2, 0.25) is 0 Å². The van der Waals surface area contributed by atoms with Gasteiger partial charge in [0.05, 0.1) is 11.3 Å². The maximum Gasteiger partial charge on any atom is 0.264 e. The number of nitrogens with zero attached hydrogens (tertiary/aromatic N) is 2. The molecule has 1 aliphatic heterocycles. The van der Waals surface area contributed by atoms with Gasteiger partial charge in [-0.3, -0.25) is 9.59 Å². The molecular formula is C17H17FN2O2S. The van der Waals surface area contributed by atoms with E-state index in [1.165, 1.54) is 17.4 Å². The molecule has 0 aliphatic carbocycles. The monoisotopic (exact) mass is 332 g/mol. The van der Waals surface area contributed by atoms with E-state index in [4.69, 9.17) is 0 Å². The number of amides is 2. The second-order valence-electron chi connectivity index (χ2n) is 5.42. The zero-order valence-electron chi connectivity index (χ0n) is 12.6. The van der Waals surface area contributed by atoms with Crippen LogP contribution in [-0.2, 0) is 11.2 Å². The third-order valence-electron chi connectivity index (χ3n) is 3.95. The highest BCUT2D eigenvalue weighted by Crippen LogP contribution is 2.15. The molecule has 1 aromatic heterocycles. The van der Waals surface area contributed by atoms with Crippen molar-refractivity contribution in [2.45, 2.75) is 6.42 Å². The third-order valence-corrected chi connectivity index (χ3v) is 4.81. The summed E-state index contributed by atoms with van der Waals surface area (Å²) in [6.07, 6.45) is 0.0611. The van der Waals surface area contributed by atoms with E-state index in [0.717, 1.165) is 4.88 Å². The van der Waals surface area contributed by atoms with Crippen molar-refractivity contribution in [2.24, 2.45) is 0 Å².